The summed E-state index contributed by atoms with van der Waals surface area (Å²) in [5.74, 6) is -0.733. The van der Waals surface area contributed by atoms with Crippen molar-refractivity contribution in [3.8, 4) is 0 Å². The molecule has 0 aliphatic rings. The standard InChI is InChI=1S/C23H30N2O6/c1-8-24-19(20(26)17-10-15(6)9-16(7)11-17)18(13(2)3)21(27)25(22(24)28)12-30-23(29)31-14(4)5/h9-11,13-14H,8,12H2,1-7H3. The molecule has 0 saturated heterocycles. The summed E-state index contributed by atoms with van der Waals surface area (Å²) in [5.41, 5.74) is 1.12. The quantitative estimate of drug-likeness (QED) is 0.493. The molecule has 0 aliphatic carbocycles. The second-order valence-corrected chi connectivity index (χ2v) is 8.07. The summed E-state index contributed by atoms with van der Waals surface area (Å²) in [6.45, 7) is 11.9. The van der Waals surface area contributed by atoms with Gasteiger partial charge >= 0.3 is 11.8 Å². The van der Waals surface area contributed by atoms with E-state index in [1.54, 1.807) is 46.8 Å². The summed E-state index contributed by atoms with van der Waals surface area (Å²) in [6, 6.07) is 5.42. The van der Waals surface area contributed by atoms with Crippen LogP contribution in [0.5, 0.6) is 0 Å². The van der Waals surface area contributed by atoms with Gasteiger partial charge in [0.25, 0.3) is 5.56 Å². The Hall–Kier alpha value is -3.16. The Kier molecular flexibility index (Phi) is 7.60. The first-order valence-electron chi connectivity index (χ1n) is 10.3. The minimum atomic E-state index is -0.981. The van der Waals surface area contributed by atoms with E-state index in [0.29, 0.717) is 5.56 Å². The van der Waals surface area contributed by atoms with Crippen LogP contribution in [0.2, 0.25) is 0 Å². The predicted octanol–water partition coefficient (Wildman–Crippen LogP) is 3.52. The highest BCUT2D eigenvalue weighted by Crippen LogP contribution is 2.20. The molecule has 1 aromatic heterocycles. The van der Waals surface area contributed by atoms with Crippen molar-refractivity contribution in [2.24, 2.45) is 0 Å². The minimum absolute atomic E-state index is 0.0681. The zero-order valence-electron chi connectivity index (χ0n) is 19.1. The number of nitrogens with zero attached hydrogens (tertiary/aromatic N) is 2. The Morgan fingerprint density at radius 3 is 2.03 bits per heavy atom. The number of rotatable bonds is 7. The van der Waals surface area contributed by atoms with E-state index in [2.05, 4.69) is 0 Å². The van der Waals surface area contributed by atoms with Crippen LogP contribution < -0.4 is 11.2 Å². The van der Waals surface area contributed by atoms with E-state index < -0.39 is 30.2 Å². The lowest BCUT2D eigenvalue weighted by atomic mass is 9.95. The topological polar surface area (TPSA) is 96.6 Å². The molecule has 0 spiro atoms. The van der Waals surface area contributed by atoms with Crippen molar-refractivity contribution in [3.05, 3.63) is 67.0 Å². The van der Waals surface area contributed by atoms with Crippen molar-refractivity contribution in [3.63, 3.8) is 0 Å². The number of carbonyl (C=O) groups is 2. The number of benzene rings is 1. The molecule has 0 amide bonds. The van der Waals surface area contributed by atoms with Gasteiger partial charge in [-0.2, -0.15) is 0 Å². The van der Waals surface area contributed by atoms with Gasteiger partial charge in [-0.05, 0) is 52.7 Å². The first-order chi connectivity index (χ1) is 14.5. The largest absolute Gasteiger partial charge is 0.510 e. The molecular weight excluding hydrogens is 400 g/mol. The summed E-state index contributed by atoms with van der Waals surface area (Å²) in [6.07, 6.45) is -1.38. The van der Waals surface area contributed by atoms with Crippen molar-refractivity contribution < 1.29 is 19.1 Å². The fourth-order valence-electron chi connectivity index (χ4n) is 3.48. The number of hydrogen-bond donors (Lipinski definition) is 0. The van der Waals surface area contributed by atoms with Crippen molar-refractivity contribution in [1.82, 2.24) is 9.13 Å². The zero-order valence-corrected chi connectivity index (χ0v) is 19.1. The molecule has 1 heterocycles. The van der Waals surface area contributed by atoms with Gasteiger partial charge in [0.2, 0.25) is 5.78 Å². The SMILES string of the molecule is CCn1c(C(=O)c2cc(C)cc(C)c2)c(C(C)C)c(=O)n(COC(=O)OC(C)C)c1=O. The normalized spacial score (nSPS) is 11.1. The van der Waals surface area contributed by atoms with Crippen LogP contribution in [-0.4, -0.2) is 27.2 Å². The number of carbonyl (C=O) groups excluding carboxylic acids is 2. The van der Waals surface area contributed by atoms with Gasteiger partial charge in [0.1, 0.15) is 5.69 Å². The van der Waals surface area contributed by atoms with Crippen LogP contribution in [0, 0.1) is 13.8 Å². The molecule has 31 heavy (non-hydrogen) atoms. The Morgan fingerprint density at radius 1 is 0.968 bits per heavy atom. The fraction of sp³-hybridized carbons (Fsp3) is 0.478. The minimum Gasteiger partial charge on any atom is -0.432 e. The molecule has 0 N–H and O–H groups in total. The third-order valence-corrected chi connectivity index (χ3v) is 4.70. The first-order valence-corrected chi connectivity index (χ1v) is 10.3. The molecule has 0 atom stereocenters. The van der Waals surface area contributed by atoms with Crippen molar-refractivity contribution in [1.29, 1.82) is 0 Å². The molecule has 0 fully saturated rings. The Balaban J connectivity index is 2.67. The van der Waals surface area contributed by atoms with E-state index in [1.165, 1.54) is 4.57 Å². The number of ether oxygens (including phenoxy) is 2. The highest BCUT2D eigenvalue weighted by Gasteiger charge is 2.27. The lowest BCUT2D eigenvalue weighted by Crippen LogP contribution is -2.45. The summed E-state index contributed by atoms with van der Waals surface area (Å²) < 4.78 is 11.9. The third kappa shape index (κ3) is 5.31. The smallest absolute Gasteiger partial charge is 0.432 e. The van der Waals surface area contributed by atoms with E-state index >= 15 is 0 Å². The number of hydrogen-bond acceptors (Lipinski definition) is 6. The van der Waals surface area contributed by atoms with Gasteiger partial charge in [-0.1, -0.05) is 31.0 Å². The van der Waals surface area contributed by atoms with Crippen LogP contribution >= 0.6 is 0 Å². The van der Waals surface area contributed by atoms with Crippen LogP contribution in [0.15, 0.2) is 27.8 Å². The molecule has 168 valence electrons. The Labute approximate surface area is 181 Å². The van der Waals surface area contributed by atoms with Gasteiger partial charge in [-0.25, -0.2) is 14.2 Å². The van der Waals surface area contributed by atoms with Crippen LogP contribution in [0.4, 0.5) is 4.79 Å². The van der Waals surface area contributed by atoms with E-state index in [-0.39, 0.29) is 29.5 Å². The molecule has 0 bridgehead atoms. The monoisotopic (exact) mass is 430 g/mol. The number of aromatic nitrogens is 2. The zero-order chi connectivity index (χ0) is 23.5. The van der Waals surface area contributed by atoms with Gasteiger partial charge in [0, 0.05) is 17.7 Å². The molecule has 0 radical (unpaired) electrons. The van der Waals surface area contributed by atoms with Crippen LogP contribution in [0.1, 0.15) is 73.3 Å². The lowest BCUT2D eigenvalue weighted by Gasteiger charge is -2.20. The van der Waals surface area contributed by atoms with Gasteiger partial charge in [0.05, 0.1) is 6.10 Å². The van der Waals surface area contributed by atoms with Gasteiger partial charge in [-0.15, -0.1) is 0 Å². The van der Waals surface area contributed by atoms with Crippen molar-refractivity contribution in [2.75, 3.05) is 0 Å². The maximum absolute atomic E-state index is 13.4. The highest BCUT2D eigenvalue weighted by atomic mass is 16.7. The average Bonchev–Trinajstić information content (AvgIpc) is 2.65. The summed E-state index contributed by atoms with van der Waals surface area (Å²) >= 11 is 0. The predicted molar refractivity (Wildman–Crippen MR) is 117 cm³/mol. The number of ketones is 1. The van der Waals surface area contributed by atoms with E-state index in [0.717, 1.165) is 15.7 Å². The first kappa shape index (κ1) is 24.1. The summed E-state index contributed by atoms with van der Waals surface area (Å²) in [7, 11) is 0. The second kappa shape index (κ2) is 9.76. The second-order valence-electron chi connectivity index (χ2n) is 8.07. The molecule has 8 nitrogen and oxygen atoms in total. The van der Waals surface area contributed by atoms with Gasteiger partial charge < -0.3 is 9.47 Å². The maximum Gasteiger partial charge on any atom is 0.510 e. The van der Waals surface area contributed by atoms with E-state index in [9.17, 15) is 19.2 Å². The van der Waals surface area contributed by atoms with E-state index in [1.807, 2.05) is 19.9 Å². The molecular formula is C23H30N2O6. The molecule has 1 aromatic carbocycles. The Bertz CT molecular complexity index is 1090. The van der Waals surface area contributed by atoms with E-state index in [4.69, 9.17) is 9.47 Å². The summed E-state index contributed by atoms with van der Waals surface area (Å²) in [5, 5.41) is 0. The Morgan fingerprint density at radius 2 is 1.55 bits per heavy atom. The van der Waals surface area contributed by atoms with Crippen LogP contribution in [0.25, 0.3) is 0 Å². The molecule has 0 saturated carbocycles. The average molecular weight is 431 g/mol. The highest BCUT2D eigenvalue weighted by molar-refractivity contribution is 6.09. The lowest BCUT2D eigenvalue weighted by molar-refractivity contribution is 0.0138. The van der Waals surface area contributed by atoms with Gasteiger partial charge in [-0.3, -0.25) is 14.2 Å². The maximum atomic E-state index is 13.4. The number of aryl methyl sites for hydroxylation is 2. The van der Waals surface area contributed by atoms with Crippen LogP contribution in [-0.2, 0) is 22.7 Å². The van der Waals surface area contributed by atoms with Gasteiger partial charge in [0.15, 0.2) is 6.73 Å². The molecule has 0 unspecified atom stereocenters. The molecule has 0 aliphatic heterocycles. The molecule has 2 rings (SSSR count). The van der Waals surface area contributed by atoms with Crippen LogP contribution in [0.3, 0.4) is 0 Å². The van der Waals surface area contributed by atoms with Crippen molar-refractivity contribution in [2.45, 2.75) is 73.8 Å². The molecule has 8 heteroatoms. The van der Waals surface area contributed by atoms with Crippen molar-refractivity contribution >= 4 is 11.9 Å². The summed E-state index contributed by atoms with van der Waals surface area (Å²) in [4.78, 5) is 51.4. The molecule has 2 aromatic rings. The fourth-order valence-corrected chi connectivity index (χ4v) is 3.48. The third-order valence-electron chi connectivity index (χ3n) is 4.70.